The Bertz CT molecular complexity index is 337. The van der Waals surface area contributed by atoms with Crippen molar-refractivity contribution >= 4 is 22.9 Å². The molecule has 2 unspecified atom stereocenters. The van der Waals surface area contributed by atoms with Crippen LogP contribution < -0.4 is 4.74 Å². The summed E-state index contributed by atoms with van der Waals surface area (Å²) in [6, 6.07) is 0. The first-order chi connectivity index (χ1) is 6.61. The summed E-state index contributed by atoms with van der Waals surface area (Å²) < 4.78 is 5.08. The molecule has 1 fully saturated rings. The summed E-state index contributed by atoms with van der Waals surface area (Å²) in [6.07, 6.45) is 1.92. The highest BCUT2D eigenvalue weighted by Gasteiger charge is 2.58. The van der Waals surface area contributed by atoms with E-state index in [0.717, 1.165) is 11.1 Å². The third-order valence-corrected chi connectivity index (χ3v) is 4.57. The lowest BCUT2D eigenvalue weighted by atomic mass is 10.1. The fraction of sp³-hybridized carbons (Fsp3) is 0.700. The maximum atomic E-state index is 5.92. The maximum absolute atomic E-state index is 5.92. The Morgan fingerprint density at radius 2 is 2.36 bits per heavy atom. The smallest absolute Gasteiger partial charge is 0.273 e. The van der Waals surface area contributed by atoms with E-state index in [1.807, 2.05) is 6.20 Å². The molecule has 1 aromatic heterocycles. The van der Waals surface area contributed by atoms with Crippen LogP contribution in [0.5, 0.6) is 5.19 Å². The van der Waals surface area contributed by atoms with Crippen molar-refractivity contribution in [1.82, 2.24) is 4.98 Å². The second kappa shape index (κ2) is 3.38. The van der Waals surface area contributed by atoms with Gasteiger partial charge in [0.05, 0.1) is 7.11 Å². The van der Waals surface area contributed by atoms with Crippen molar-refractivity contribution in [3.8, 4) is 5.19 Å². The van der Waals surface area contributed by atoms with Crippen molar-refractivity contribution in [3.05, 3.63) is 11.1 Å². The molecular formula is C10H14ClNOS. The Morgan fingerprint density at radius 3 is 2.79 bits per heavy atom. The molecule has 4 heteroatoms. The van der Waals surface area contributed by atoms with Gasteiger partial charge in [-0.2, -0.15) is 0 Å². The largest absolute Gasteiger partial charge is 0.473 e. The van der Waals surface area contributed by atoms with Gasteiger partial charge in [-0.1, -0.05) is 25.2 Å². The normalized spacial score (nSPS) is 28.9. The SMILES string of the molecule is COc1ncc(C2C(CCl)C2(C)C)s1. The van der Waals surface area contributed by atoms with Gasteiger partial charge in [-0.25, -0.2) is 4.98 Å². The molecule has 14 heavy (non-hydrogen) atoms. The van der Waals surface area contributed by atoms with Crippen molar-refractivity contribution in [2.45, 2.75) is 19.8 Å². The van der Waals surface area contributed by atoms with Gasteiger partial charge in [0.25, 0.3) is 5.19 Å². The lowest BCUT2D eigenvalue weighted by Gasteiger charge is -1.98. The summed E-state index contributed by atoms with van der Waals surface area (Å²) in [5, 5.41) is 0.746. The van der Waals surface area contributed by atoms with Gasteiger partial charge < -0.3 is 4.74 Å². The molecule has 0 aromatic carbocycles. The number of alkyl halides is 1. The van der Waals surface area contributed by atoms with Crippen molar-refractivity contribution in [2.24, 2.45) is 11.3 Å². The van der Waals surface area contributed by atoms with Gasteiger partial charge in [-0.15, -0.1) is 11.6 Å². The first-order valence-corrected chi connectivity index (χ1v) is 6.02. The van der Waals surface area contributed by atoms with E-state index in [4.69, 9.17) is 16.3 Å². The van der Waals surface area contributed by atoms with E-state index in [2.05, 4.69) is 18.8 Å². The van der Waals surface area contributed by atoms with Crippen molar-refractivity contribution in [1.29, 1.82) is 0 Å². The number of hydrogen-bond donors (Lipinski definition) is 0. The Hall–Kier alpha value is -0.280. The number of rotatable bonds is 3. The molecule has 0 saturated heterocycles. The standard InChI is InChI=1S/C10H14ClNOS/c1-10(2)6(4-11)8(10)7-5-12-9(13-3)14-7/h5-6,8H,4H2,1-3H3. The van der Waals surface area contributed by atoms with Gasteiger partial charge in [0.1, 0.15) is 0 Å². The number of halogens is 1. The van der Waals surface area contributed by atoms with Crippen molar-refractivity contribution < 1.29 is 4.74 Å². The van der Waals surface area contributed by atoms with Crippen LogP contribution in [0.25, 0.3) is 0 Å². The number of aromatic nitrogens is 1. The molecule has 1 aromatic rings. The van der Waals surface area contributed by atoms with E-state index in [1.165, 1.54) is 4.88 Å². The number of hydrogen-bond acceptors (Lipinski definition) is 3. The summed E-state index contributed by atoms with van der Waals surface area (Å²) in [5.41, 5.74) is 0.333. The van der Waals surface area contributed by atoms with Crippen LogP contribution in [0, 0.1) is 11.3 Å². The third-order valence-electron chi connectivity index (χ3n) is 3.20. The second-order valence-electron chi connectivity index (χ2n) is 4.29. The number of nitrogens with zero attached hydrogens (tertiary/aromatic N) is 1. The molecule has 0 N–H and O–H groups in total. The summed E-state index contributed by atoms with van der Waals surface area (Å²) in [5.74, 6) is 1.90. The molecule has 0 radical (unpaired) electrons. The van der Waals surface area contributed by atoms with Crippen LogP contribution in [0.15, 0.2) is 6.20 Å². The number of ether oxygens (including phenoxy) is 1. The lowest BCUT2D eigenvalue weighted by Crippen LogP contribution is -1.90. The predicted molar refractivity (Wildman–Crippen MR) is 59.4 cm³/mol. The molecule has 1 aliphatic rings. The second-order valence-corrected chi connectivity index (χ2v) is 5.63. The Morgan fingerprint density at radius 1 is 1.64 bits per heavy atom. The molecule has 1 aliphatic carbocycles. The van der Waals surface area contributed by atoms with Crippen molar-refractivity contribution in [3.63, 3.8) is 0 Å². The van der Waals surface area contributed by atoms with Gasteiger partial charge >= 0.3 is 0 Å². The van der Waals surface area contributed by atoms with Crippen molar-refractivity contribution in [2.75, 3.05) is 13.0 Å². The molecule has 78 valence electrons. The molecule has 1 saturated carbocycles. The average molecular weight is 232 g/mol. The van der Waals surface area contributed by atoms with Crippen LogP contribution in [-0.4, -0.2) is 18.0 Å². The molecule has 1 heterocycles. The van der Waals surface area contributed by atoms with E-state index in [1.54, 1.807) is 18.4 Å². The van der Waals surface area contributed by atoms with Crippen LogP contribution in [0.3, 0.4) is 0 Å². The number of thiazole rings is 1. The minimum absolute atomic E-state index is 0.333. The van der Waals surface area contributed by atoms with Crippen LogP contribution in [0.1, 0.15) is 24.6 Å². The highest BCUT2D eigenvalue weighted by atomic mass is 35.5. The Labute approximate surface area is 93.3 Å². The maximum Gasteiger partial charge on any atom is 0.273 e. The summed E-state index contributed by atoms with van der Waals surface area (Å²) >= 11 is 7.55. The fourth-order valence-corrected chi connectivity index (χ4v) is 3.77. The highest BCUT2D eigenvalue weighted by molar-refractivity contribution is 7.13. The topological polar surface area (TPSA) is 22.1 Å². The molecule has 0 amide bonds. The first kappa shape index (κ1) is 10.2. The zero-order chi connectivity index (χ0) is 10.3. The zero-order valence-electron chi connectivity index (χ0n) is 8.58. The summed E-state index contributed by atoms with van der Waals surface area (Å²) in [4.78, 5) is 5.49. The predicted octanol–water partition coefficient (Wildman–Crippen LogP) is 3.13. The quantitative estimate of drug-likeness (QED) is 0.746. The van der Waals surface area contributed by atoms with E-state index in [0.29, 0.717) is 17.3 Å². The molecule has 0 spiro atoms. The number of methoxy groups -OCH3 is 1. The van der Waals surface area contributed by atoms with E-state index in [-0.39, 0.29) is 0 Å². The van der Waals surface area contributed by atoms with E-state index < -0.39 is 0 Å². The van der Waals surface area contributed by atoms with E-state index >= 15 is 0 Å². The van der Waals surface area contributed by atoms with Crippen LogP contribution in [0.4, 0.5) is 0 Å². The van der Waals surface area contributed by atoms with Gasteiger partial charge in [-0.05, 0) is 11.3 Å². The van der Waals surface area contributed by atoms with Crippen LogP contribution in [-0.2, 0) is 0 Å². The molecule has 2 nitrogen and oxygen atoms in total. The third kappa shape index (κ3) is 1.43. The molecule has 0 bridgehead atoms. The molecular weight excluding hydrogens is 218 g/mol. The molecule has 0 aliphatic heterocycles. The van der Waals surface area contributed by atoms with Gasteiger partial charge in [-0.3, -0.25) is 0 Å². The molecule has 2 atom stereocenters. The minimum atomic E-state index is 0.333. The highest BCUT2D eigenvalue weighted by Crippen LogP contribution is 2.65. The van der Waals surface area contributed by atoms with Gasteiger partial charge in [0.2, 0.25) is 0 Å². The van der Waals surface area contributed by atoms with Crippen LogP contribution in [0.2, 0.25) is 0 Å². The van der Waals surface area contributed by atoms with Gasteiger partial charge in [0, 0.05) is 22.9 Å². The summed E-state index contributed by atoms with van der Waals surface area (Å²) in [7, 11) is 1.65. The first-order valence-electron chi connectivity index (χ1n) is 4.67. The zero-order valence-corrected chi connectivity index (χ0v) is 10.2. The van der Waals surface area contributed by atoms with Gasteiger partial charge in [0.15, 0.2) is 0 Å². The Balaban J connectivity index is 2.18. The average Bonchev–Trinajstić information content (AvgIpc) is 2.55. The molecule has 2 rings (SSSR count). The van der Waals surface area contributed by atoms with E-state index in [9.17, 15) is 0 Å². The lowest BCUT2D eigenvalue weighted by molar-refractivity contribution is 0.412. The van der Waals surface area contributed by atoms with Crippen LogP contribution >= 0.6 is 22.9 Å². The minimum Gasteiger partial charge on any atom is -0.473 e. The monoisotopic (exact) mass is 231 g/mol. The fourth-order valence-electron chi connectivity index (χ4n) is 2.10. The summed E-state index contributed by atoms with van der Waals surface area (Å²) in [6.45, 7) is 4.52. The Kier molecular flexibility index (Phi) is 2.48.